The maximum Gasteiger partial charge on any atom is 0.267 e. The van der Waals surface area contributed by atoms with Crippen LogP contribution in [0.3, 0.4) is 0 Å². The van der Waals surface area contributed by atoms with Gasteiger partial charge in [-0.3, -0.25) is 4.79 Å². The van der Waals surface area contributed by atoms with E-state index in [4.69, 9.17) is 4.74 Å². The summed E-state index contributed by atoms with van der Waals surface area (Å²) in [5.74, 6) is 1.33. The number of nitrogens with one attached hydrogen (secondary N) is 1. The van der Waals surface area contributed by atoms with Gasteiger partial charge in [-0.25, -0.2) is 9.97 Å². The van der Waals surface area contributed by atoms with Gasteiger partial charge in [0.05, 0.1) is 0 Å². The maximum atomic E-state index is 12.8. The number of carbonyl (C=O) groups is 1. The van der Waals surface area contributed by atoms with Crippen LogP contribution in [0.2, 0.25) is 0 Å². The van der Waals surface area contributed by atoms with Crippen LogP contribution in [0.1, 0.15) is 36.7 Å². The molecular formula is C24H28N4O2. The fourth-order valence-corrected chi connectivity index (χ4v) is 3.41. The van der Waals surface area contributed by atoms with Crippen LogP contribution in [0.4, 0.5) is 0 Å². The SMILES string of the molecule is CCOCCCNC(=O)c1cc(-c2cnc(-c3ccccc3)nc2)cn1CC1CC1. The zero-order valence-electron chi connectivity index (χ0n) is 17.4. The Morgan fingerprint density at radius 1 is 1.13 bits per heavy atom. The first-order valence-corrected chi connectivity index (χ1v) is 10.7. The highest BCUT2D eigenvalue weighted by Gasteiger charge is 2.24. The van der Waals surface area contributed by atoms with Gasteiger partial charge in [0.2, 0.25) is 0 Å². The Morgan fingerprint density at radius 2 is 1.90 bits per heavy atom. The van der Waals surface area contributed by atoms with E-state index in [1.54, 1.807) is 0 Å². The summed E-state index contributed by atoms with van der Waals surface area (Å²) in [5, 5.41) is 3.02. The number of nitrogens with zero attached hydrogens (tertiary/aromatic N) is 3. The molecule has 0 aliphatic heterocycles. The Hall–Kier alpha value is -2.99. The van der Waals surface area contributed by atoms with E-state index in [9.17, 15) is 4.79 Å². The first kappa shape index (κ1) is 20.3. The van der Waals surface area contributed by atoms with Crippen LogP contribution >= 0.6 is 0 Å². The molecule has 0 unspecified atom stereocenters. The number of ether oxygens (including phenoxy) is 1. The van der Waals surface area contributed by atoms with Gasteiger partial charge < -0.3 is 14.6 Å². The predicted octanol–water partition coefficient (Wildman–Crippen LogP) is 4.18. The molecule has 6 heteroatoms. The quantitative estimate of drug-likeness (QED) is 0.515. The molecule has 1 N–H and O–H groups in total. The number of hydrogen-bond donors (Lipinski definition) is 1. The average Bonchev–Trinajstić information content (AvgIpc) is 3.50. The van der Waals surface area contributed by atoms with Crippen LogP contribution in [0.15, 0.2) is 55.0 Å². The molecule has 0 bridgehead atoms. The van der Waals surface area contributed by atoms with Gasteiger partial charge in [-0.2, -0.15) is 0 Å². The molecular weight excluding hydrogens is 376 g/mol. The van der Waals surface area contributed by atoms with Crippen molar-refractivity contribution in [2.24, 2.45) is 5.92 Å². The lowest BCUT2D eigenvalue weighted by atomic mass is 10.1. The molecule has 0 radical (unpaired) electrons. The summed E-state index contributed by atoms with van der Waals surface area (Å²) in [7, 11) is 0. The van der Waals surface area contributed by atoms with E-state index in [-0.39, 0.29) is 5.91 Å². The van der Waals surface area contributed by atoms with Crippen molar-refractivity contribution in [3.63, 3.8) is 0 Å². The first-order chi connectivity index (χ1) is 14.7. The van der Waals surface area contributed by atoms with Crippen LogP contribution in [0.5, 0.6) is 0 Å². The van der Waals surface area contributed by atoms with E-state index in [1.165, 1.54) is 12.8 Å². The normalized spacial score (nSPS) is 13.4. The second-order valence-corrected chi connectivity index (χ2v) is 7.68. The van der Waals surface area contributed by atoms with Gasteiger partial charge in [0.1, 0.15) is 5.69 Å². The second kappa shape index (κ2) is 9.67. The van der Waals surface area contributed by atoms with Crippen molar-refractivity contribution in [3.8, 4) is 22.5 Å². The van der Waals surface area contributed by atoms with Gasteiger partial charge in [0.15, 0.2) is 5.82 Å². The van der Waals surface area contributed by atoms with E-state index in [0.717, 1.165) is 29.7 Å². The molecule has 0 atom stereocenters. The van der Waals surface area contributed by atoms with Crippen molar-refractivity contribution >= 4 is 5.91 Å². The molecule has 0 spiro atoms. The molecule has 30 heavy (non-hydrogen) atoms. The van der Waals surface area contributed by atoms with Crippen molar-refractivity contribution in [2.45, 2.75) is 32.7 Å². The molecule has 6 nitrogen and oxygen atoms in total. The Kier molecular flexibility index (Phi) is 6.54. The van der Waals surface area contributed by atoms with Crippen LogP contribution in [0, 0.1) is 5.92 Å². The van der Waals surface area contributed by atoms with Gasteiger partial charge in [-0.15, -0.1) is 0 Å². The van der Waals surface area contributed by atoms with Gasteiger partial charge >= 0.3 is 0 Å². The molecule has 156 valence electrons. The standard InChI is InChI=1S/C24H28N4O2/c1-2-30-12-6-11-25-24(29)22-13-20(17-28(22)16-18-9-10-18)21-14-26-23(27-15-21)19-7-4-3-5-8-19/h3-5,7-8,13-15,17-18H,2,6,9-12,16H2,1H3,(H,25,29). The zero-order valence-corrected chi connectivity index (χ0v) is 17.4. The van der Waals surface area contributed by atoms with Crippen molar-refractivity contribution in [3.05, 3.63) is 60.7 Å². The Labute approximate surface area is 177 Å². The molecule has 2 aromatic heterocycles. The predicted molar refractivity (Wildman–Crippen MR) is 117 cm³/mol. The second-order valence-electron chi connectivity index (χ2n) is 7.68. The van der Waals surface area contributed by atoms with Crippen LogP contribution in [-0.4, -0.2) is 40.2 Å². The van der Waals surface area contributed by atoms with Crippen molar-refractivity contribution in [1.82, 2.24) is 19.9 Å². The Balaban J connectivity index is 1.50. The molecule has 4 rings (SSSR count). The molecule has 3 aromatic rings. The molecule has 1 aliphatic rings. The van der Waals surface area contributed by atoms with E-state index in [1.807, 2.05) is 61.9 Å². The summed E-state index contributed by atoms with van der Waals surface area (Å²) < 4.78 is 7.42. The molecule has 1 aliphatic carbocycles. The van der Waals surface area contributed by atoms with E-state index in [2.05, 4.69) is 19.9 Å². The Bertz CT molecular complexity index is 963. The fraction of sp³-hybridized carbons (Fsp3) is 0.375. The van der Waals surface area contributed by atoms with Crippen LogP contribution < -0.4 is 5.32 Å². The molecule has 1 aromatic carbocycles. The lowest BCUT2D eigenvalue weighted by Crippen LogP contribution is -2.27. The van der Waals surface area contributed by atoms with Crippen molar-refractivity contribution in [1.29, 1.82) is 0 Å². The number of rotatable bonds is 10. The average molecular weight is 405 g/mol. The molecule has 0 saturated heterocycles. The van der Waals surface area contributed by atoms with Crippen molar-refractivity contribution < 1.29 is 9.53 Å². The zero-order chi connectivity index (χ0) is 20.8. The van der Waals surface area contributed by atoms with Gasteiger partial charge in [-0.1, -0.05) is 30.3 Å². The summed E-state index contributed by atoms with van der Waals surface area (Å²) in [4.78, 5) is 21.8. The summed E-state index contributed by atoms with van der Waals surface area (Å²) in [6.07, 6.45) is 8.99. The minimum absolute atomic E-state index is 0.0415. The van der Waals surface area contributed by atoms with E-state index >= 15 is 0 Å². The molecule has 2 heterocycles. The highest BCUT2D eigenvalue weighted by atomic mass is 16.5. The summed E-state index contributed by atoms with van der Waals surface area (Å²) >= 11 is 0. The minimum Gasteiger partial charge on any atom is -0.382 e. The van der Waals surface area contributed by atoms with E-state index < -0.39 is 0 Å². The van der Waals surface area contributed by atoms with Crippen LogP contribution in [0.25, 0.3) is 22.5 Å². The molecule has 1 saturated carbocycles. The molecule has 1 amide bonds. The number of amides is 1. The minimum atomic E-state index is -0.0415. The number of carbonyl (C=O) groups excluding carboxylic acids is 1. The molecule has 1 fully saturated rings. The largest absolute Gasteiger partial charge is 0.382 e. The highest BCUT2D eigenvalue weighted by molar-refractivity contribution is 5.94. The van der Waals surface area contributed by atoms with Gasteiger partial charge in [-0.05, 0) is 38.2 Å². The maximum absolute atomic E-state index is 12.8. The summed E-state index contributed by atoms with van der Waals surface area (Å²) in [6.45, 7) is 4.83. The lowest BCUT2D eigenvalue weighted by Gasteiger charge is -2.09. The lowest BCUT2D eigenvalue weighted by molar-refractivity contribution is 0.0934. The van der Waals surface area contributed by atoms with Crippen LogP contribution in [-0.2, 0) is 11.3 Å². The Morgan fingerprint density at radius 3 is 2.60 bits per heavy atom. The third-order valence-corrected chi connectivity index (χ3v) is 5.25. The third-order valence-electron chi connectivity index (χ3n) is 5.25. The fourth-order valence-electron chi connectivity index (χ4n) is 3.41. The smallest absolute Gasteiger partial charge is 0.267 e. The monoisotopic (exact) mass is 404 g/mol. The summed E-state index contributed by atoms with van der Waals surface area (Å²) in [6, 6.07) is 11.9. The number of benzene rings is 1. The van der Waals surface area contributed by atoms with Gasteiger partial charge in [0, 0.05) is 61.6 Å². The highest BCUT2D eigenvalue weighted by Crippen LogP contribution is 2.32. The third kappa shape index (κ3) is 5.13. The van der Waals surface area contributed by atoms with Gasteiger partial charge in [0.25, 0.3) is 5.91 Å². The van der Waals surface area contributed by atoms with Crippen molar-refractivity contribution in [2.75, 3.05) is 19.8 Å². The topological polar surface area (TPSA) is 69.0 Å². The number of hydrogen-bond acceptors (Lipinski definition) is 4. The van der Waals surface area contributed by atoms with E-state index in [0.29, 0.717) is 37.2 Å². The number of aromatic nitrogens is 3. The summed E-state index contributed by atoms with van der Waals surface area (Å²) in [5.41, 5.74) is 3.56. The first-order valence-electron chi connectivity index (χ1n) is 10.7.